The van der Waals surface area contributed by atoms with Crippen LogP contribution >= 0.6 is 11.6 Å². The number of hydrogen-bond acceptors (Lipinski definition) is 3. The molecule has 0 unspecified atom stereocenters. The van der Waals surface area contributed by atoms with Gasteiger partial charge in [-0.15, -0.1) is 0 Å². The van der Waals surface area contributed by atoms with Crippen LogP contribution in [0.1, 0.15) is 15.9 Å². The van der Waals surface area contributed by atoms with Crippen LogP contribution in [0.4, 0.5) is 11.4 Å². The Hall–Kier alpha value is -2.20. The van der Waals surface area contributed by atoms with Gasteiger partial charge in [0, 0.05) is 22.9 Å². The molecule has 0 spiro atoms. The monoisotopic (exact) mass is 289 g/mol. The molecule has 0 saturated carbocycles. The average Bonchev–Trinajstić information content (AvgIpc) is 2.41. The number of hydrogen-bond donors (Lipinski definition) is 3. The van der Waals surface area contributed by atoms with Crippen molar-refractivity contribution < 1.29 is 4.79 Å². The van der Waals surface area contributed by atoms with E-state index < -0.39 is 0 Å². The van der Waals surface area contributed by atoms with Crippen LogP contribution in [0.25, 0.3) is 0 Å². The standard InChI is InChI=1S/C15H16ClN3O/c16-11-3-1-10(2-4-11)7-8-19-15(20)13-6-5-12(17)9-14(13)18/h1-6,9H,7-8,17-18H2,(H,19,20). The summed E-state index contributed by atoms with van der Waals surface area (Å²) in [5.41, 5.74) is 13.8. The maximum Gasteiger partial charge on any atom is 0.253 e. The zero-order valence-corrected chi connectivity index (χ0v) is 11.7. The van der Waals surface area contributed by atoms with Crippen LogP contribution in [-0.4, -0.2) is 12.5 Å². The number of nitrogen functional groups attached to an aromatic ring is 2. The third-order valence-corrected chi connectivity index (χ3v) is 3.18. The number of amides is 1. The second kappa shape index (κ2) is 6.30. The van der Waals surface area contributed by atoms with Crippen LogP contribution in [0.15, 0.2) is 42.5 Å². The molecule has 0 fully saturated rings. The zero-order valence-electron chi connectivity index (χ0n) is 10.9. The highest BCUT2D eigenvalue weighted by Crippen LogP contribution is 2.15. The van der Waals surface area contributed by atoms with Crippen molar-refractivity contribution in [2.45, 2.75) is 6.42 Å². The Kier molecular flexibility index (Phi) is 4.48. The largest absolute Gasteiger partial charge is 0.399 e. The Labute approximate surface area is 122 Å². The molecule has 1 amide bonds. The highest BCUT2D eigenvalue weighted by atomic mass is 35.5. The van der Waals surface area contributed by atoms with Crippen molar-refractivity contribution in [1.29, 1.82) is 0 Å². The molecule has 0 saturated heterocycles. The number of benzene rings is 2. The van der Waals surface area contributed by atoms with Crippen molar-refractivity contribution in [1.82, 2.24) is 5.32 Å². The van der Waals surface area contributed by atoms with E-state index in [-0.39, 0.29) is 5.91 Å². The number of carbonyl (C=O) groups is 1. The minimum atomic E-state index is -0.198. The van der Waals surface area contributed by atoms with E-state index in [1.807, 2.05) is 24.3 Å². The Morgan fingerprint density at radius 2 is 1.80 bits per heavy atom. The molecule has 4 nitrogen and oxygen atoms in total. The van der Waals surface area contributed by atoms with Crippen molar-refractivity contribution in [3.63, 3.8) is 0 Å². The van der Waals surface area contributed by atoms with Gasteiger partial charge >= 0.3 is 0 Å². The van der Waals surface area contributed by atoms with Crippen molar-refractivity contribution in [2.24, 2.45) is 0 Å². The molecule has 2 aromatic carbocycles. The second-order valence-corrected chi connectivity index (χ2v) is 4.92. The average molecular weight is 290 g/mol. The summed E-state index contributed by atoms with van der Waals surface area (Å²) in [6.45, 7) is 0.532. The molecule has 20 heavy (non-hydrogen) atoms. The van der Waals surface area contributed by atoms with Crippen LogP contribution < -0.4 is 16.8 Å². The fourth-order valence-corrected chi connectivity index (χ4v) is 1.98. The lowest BCUT2D eigenvalue weighted by atomic mass is 10.1. The first kappa shape index (κ1) is 14.2. The van der Waals surface area contributed by atoms with Gasteiger partial charge in [-0.1, -0.05) is 23.7 Å². The SMILES string of the molecule is Nc1ccc(C(=O)NCCc2ccc(Cl)cc2)c(N)c1. The first-order valence-electron chi connectivity index (χ1n) is 6.24. The van der Waals surface area contributed by atoms with Crippen molar-refractivity contribution in [3.05, 3.63) is 58.6 Å². The summed E-state index contributed by atoms with van der Waals surface area (Å²) in [5.74, 6) is -0.198. The summed E-state index contributed by atoms with van der Waals surface area (Å²) in [6.07, 6.45) is 0.734. The molecular weight excluding hydrogens is 274 g/mol. The van der Waals surface area contributed by atoms with Gasteiger partial charge in [0.25, 0.3) is 5.91 Å². The Balaban J connectivity index is 1.90. The number of halogens is 1. The first-order valence-corrected chi connectivity index (χ1v) is 6.61. The number of anilines is 2. The van der Waals surface area contributed by atoms with E-state index in [4.69, 9.17) is 23.1 Å². The molecular formula is C15H16ClN3O. The van der Waals surface area contributed by atoms with E-state index in [9.17, 15) is 4.79 Å². The summed E-state index contributed by atoms with van der Waals surface area (Å²) in [7, 11) is 0. The maximum absolute atomic E-state index is 12.0. The molecule has 5 N–H and O–H groups in total. The Bertz CT molecular complexity index is 611. The molecule has 2 rings (SSSR count). The van der Waals surface area contributed by atoms with Crippen molar-refractivity contribution in [2.75, 3.05) is 18.0 Å². The number of nitrogens with two attached hydrogens (primary N) is 2. The van der Waals surface area contributed by atoms with Gasteiger partial charge < -0.3 is 16.8 Å². The highest BCUT2D eigenvalue weighted by Gasteiger charge is 2.08. The lowest BCUT2D eigenvalue weighted by Crippen LogP contribution is -2.26. The van der Waals surface area contributed by atoms with Crippen molar-refractivity contribution >= 4 is 28.9 Å². The molecule has 2 aromatic rings. The molecule has 0 aliphatic heterocycles. The normalized spacial score (nSPS) is 10.2. The van der Waals surface area contributed by atoms with Gasteiger partial charge in [0.2, 0.25) is 0 Å². The van der Waals surface area contributed by atoms with Gasteiger partial charge in [-0.2, -0.15) is 0 Å². The third kappa shape index (κ3) is 3.65. The number of carbonyl (C=O) groups excluding carboxylic acids is 1. The predicted molar refractivity (Wildman–Crippen MR) is 82.8 cm³/mol. The fraction of sp³-hybridized carbons (Fsp3) is 0.133. The van der Waals surface area contributed by atoms with E-state index in [1.165, 1.54) is 0 Å². The molecule has 0 aliphatic carbocycles. The smallest absolute Gasteiger partial charge is 0.253 e. The van der Waals surface area contributed by atoms with Crippen LogP contribution in [0.5, 0.6) is 0 Å². The quantitative estimate of drug-likeness (QED) is 0.756. The maximum atomic E-state index is 12.0. The van der Waals surface area contributed by atoms with Gasteiger partial charge in [-0.25, -0.2) is 0 Å². The summed E-state index contributed by atoms with van der Waals surface area (Å²) in [6, 6.07) is 12.4. The van der Waals surface area contributed by atoms with Crippen LogP contribution in [-0.2, 0) is 6.42 Å². The first-order chi connectivity index (χ1) is 9.56. The Morgan fingerprint density at radius 3 is 2.45 bits per heavy atom. The van der Waals surface area contributed by atoms with Crippen molar-refractivity contribution in [3.8, 4) is 0 Å². The number of rotatable bonds is 4. The molecule has 0 aromatic heterocycles. The third-order valence-electron chi connectivity index (χ3n) is 2.93. The topological polar surface area (TPSA) is 81.1 Å². The summed E-state index contributed by atoms with van der Waals surface area (Å²) in [4.78, 5) is 12.0. The lowest BCUT2D eigenvalue weighted by molar-refractivity contribution is 0.0955. The molecule has 0 atom stereocenters. The summed E-state index contributed by atoms with van der Waals surface area (Å²) < 4.78 is 0. The molecule has 0 heterocycles. The summed E-state index contributed by atoms with van der Waals surface area (Å²) >= 11 is 5.81. The van der Waals surface area contributed by atoms with Crippen LogP contribution in [0.2, 0.25) is 5.02 Å². The van der Waals surface area contributed by atoms with Gasteiger partial charge in [0.1, 0.15) is 0 Å². The van der Waals surface area contributed by atoms with E-state index in [0.717, 1.165) is 12.0 Å². The summed E-state index contributed by atoms with van der Waals surface area (Å²) in [5, 5.41) is 3.53. The van der Waals surface area contributed by atoms with E-state index >= 15 is 0 Å². The van der Waals surface area contributed by atoms with Crippen LogP contribution in [0, 0.1) is 0 Å². The fourth-order valence-electron chi connectivity index (χ4n) is 1.85. The van der Waals surface area contributed by atoms with Gasteiger partial charge in [0.05, 0.1) is 5.56 Å². The van der Waals surface area contributed by atoms with E-state index in [0.29, 0.717) is 28.5 Å². The minimum absolute atomic E-state index is 0.198. The Morgan fingerprint density at radius 1 is 1.10 bits per heavy atom. The molecule has 0 radical (unpaired) electrons. The molecule has 104 valence electrons. The molecule has 5 heteroatoms. The number of nitrogens with one attached hydrogen (secondary N) is 1. The molecule has 0 bridgehead atoms. The van der Waals surface area contributed by atoms with Gasteiger partial charge in [0.15, 0.2) is 0 Å². The highest BCUT2D eigenvalue weighted by molar-refractivity contribution is 6.30. The van der Waals surface area contributed by atoms with E-state index in [1.54, 1.807) is 18.2 Å². The van der Waals surface area contributed by atoms with Gasteiger partial charge in [-0.3, -0.25) is 4.79 Å². The zero-order chi connectivity index (χ0) is 14.5. The minimum Gasteiger partial charge on any atom is -0.399 e. The van der Waals surface area contributed by atoms with Crippen LogP contribution in [0.3, 0.4) is 0 Å². The van der Waals surface area contributed by atoms with E-state index in [2.05, 4.69) is 5.32 Å². The lowest BCUT2D eigenvalue weighted by Gasteiger charge is -2.08. The molecule has 0 aliphatic rings. The predicted octanol–water partition coefficient (Wildman–Crippen LogP) is 2.48. The van der Waals surface area contributed by atoms with Gasteiger partial charge in [-0.05, 0) is 42.3 Å². The second-order valence-electron chi connectivity index (χ2n) is 4.48.